The third kappa shape index (κ3) is 4.59. The number of hydrogen-bond acceptors (Lipinski definition) is 3. The van der Waals surface area contributed by atoms with E-state index in [-0.39, 0.29) is 0 Å². The summed E-state index contributed by atoms with van der Waals surface area (Å²) in [5, 5.41) is 0. The third-order valence-corrected chi connectivity index (χ3v) is 2.88. The van der Waals surface area contributed by atoms with Crippen molar-refractivity contribution in [1.29, 1.82) is 0 Å². The van der Waals surface area contributed by atoms with Gasteiger partial charge in [-0.2, -0.15) is 0 Å². The van der Waals surface area contributed by atoms with Crippen LogP contribution in [0.3, 0.4) is 0 Å². The maximum atomic E-state index is 5.84. The first-order valence-corrected chi connectivity index (χ1v) is 6.79. The van der Waals surface area contributed by atoms with Crippen LogP contribution in [0.1, 0.15) is 5.56 Å². The highest BCUT2D eigenvalue weighted by Crippen LogP contribution is 2.27. The number of benzene rings is 2. The maximum Gasteiger partial charge on any atom is 0.161 e. The van der Waals surface area contributed by atoms with Gasteiger partial charge in [0.05, 0.1) is 0 Å². The van der Waals surface area contributed by atoms with E-state index in [9.17, 15) is 0 Å². The first-order chi connectivity index (χ1) is 9.75. The van der Waals surface area contributed by atoms with Gasteiger partial charge in [-0.25, -0.2) is 0 Å². The molecule has 2 aromatic carbocycles. The molecule has 20 heavy (non-hydrogen) atoms. The number of rotatable bonds is 7. The van der Waals surface area contributed by atoms with E-state index in [0.29, 0.717) is 13.2 Å². The number of hydrogen-bond donors (Lipinski definition) is 0. The Morgan fingerprint density at radius 3 is 2.05 bits per heavy atom. The summed E-state index contributed by atoms with van der Waals surface area (Å²) < 4.78 is 11.6. The standard InChI is InChI=1S/C17H21NO2/c1-18(2)12-13-19-16-10-6-7-11-17(16)20-14-15-8-4-3-5-9-15/h3-11H,12-14H2,1-2H3. The highest BCUT2D eigenvalue weighted by atomic mass is 16.5. The van der Waals surface area contributed by atoms with Crippen molar-refractivity contribution in [2.24, 2.45) is 0 Å². The second-order valence-corrected chi connectivity index (χ2v) is 4.87. The molecule has 3 nitrogen and oxygen atoms in total. The first kappa shape index (κ1) is 14.4. The van der Waals surface area contributed by atoms with Gasteiger partial charge in [-0.1, -0.05) is 42.5 Å². The Balaban J connectivity index is 1.93. The molecule has 0 aliphatic carbocycles. The van der Waals surface area contributed by atoms with Crippen molar-refractivity contribution in [2.75, 3.05) is 27.2 Å². The molecule has 0 fully saturated rings. The second-order valence-electron chi connectivity index (χ2n) is 4.87. The quantitative estimate of drug-likeness (QED) is 0.772. The van der Waals surface area contributed by atoms with Crippen LogP contribution in [0, 0.1) is 0 Å². The molecule has 2 aromatic rings. The van der Waals surface area contributed by atoms with E-state index in [0.717, 1.165) is 23.6 Å². The van der Waals surface area contributed by atoms with Gasteiger partial charge in [0.1, 0.15) is 13.2 Å². The summed E-state index contributed by atoms with van der Waals surface area (Å²) in [6, 6.07) is 17.9. The smallest absolute Gasteiger partial charge is 0.161 e. The van der Waals surface area contributed by atoms with Crippen LogP contribution in [0.25, 0.3) is 0 Å². The molecule has 0 spiro atoms. The molecular formula is C17H21NO2. The SMILES string of the molecule is CN(C)CCOc1ccccc1OCc1ccccc1. The van der Waals surface area contributed by atoms with Gasteiger partial charge in [0.15, 0.2) is 11.5 Å². The summed E-state index contributed by atoms with van der Waals surface area (Å²) in [6.07, 6.45) is 0. The lowest BCUT2D eigenvalue weighted by molar-refractivity contribution is 0.237. The summed E-state index contributed by atoms with van der Waals surface area (Å²) in [7, 11) is 4.06. The normalized spacial score (nSPS) is 10.6. The minimum absolute atomic E-state index is 0.550. The molecule has 106 valence electrons. The van der Waals surface area contributed by atoms with Gasteiger partial charge < -0.3 is 14.4 Å². The Morgan fingerprint density at radius 1 is 0.800 bits per heavy atom. The van der Waals surface area contributed by atoms with Crippen molar-refractivity contribution < 1.29 is 9.47 Å². The molecule has 0 saturated heterocycles. The molecule has 0 amide bonds. The zero-order valence-electron chi connectivity index (χ0n) is 12.1. The largest absolute Gasteiger partial charge is 0.488 e. The fourth-order valence-electron chi connectivity index (χ4n) is 1.76. The summed E-state index contributed by atoms with van der Waals surface area (Å²) >= 11 is 0. The van der Waals surface area contributed by atoms with Crippen molar-refractivity contribution in [2.45, 2.75) is 6.61 Å². The summed E-state index contributed by atoms with van der Waals surface area (Å²) in [4.78, 5) is 2.09. The molecule has 0 saturated carbocycles. The van der Waals surface area contributed by atoms with Crippen molar-refractivity contribution in [3.8, 4) is 11.5 Å². The Kier molecular flexibility index (Phi) is 5.44. The van der Waals surface area contributed by atoms with Gasteiger partial charge in [0.25, 0.3) is 0 Å². The van der Waals surface area contributed by atoms with E-state index in [4.69, 9.17) is 9.47 Å². The lowest BCUT2D eigenvalue weighted by Gasteiger charge is -2.14. The topological polar surface area (TPSA) is 21.7 Å². The summed E-state index contributed by atoms with van der Waals surface area (Å²) in [5.41, 5.74) is 1.15. The van der Waals surface area contributed by atoms with Crippen LogP contribution in [-0.4, -0.2) is 32.1 Å². The summed E-state index contributed by atoms with van der Waals surface area (Å²) in [5.74, 6) is 1.58. The van der Waals surface area contributed by atoms with Gasteiger partial charge in [-0.05, 0) is 31.8 Å². The molecule has 0 heterocycles. The predicted molar refractivity (Wildman–Crippen MR) is 81.3 cm³/mol. The molecule has 0 atom stereocenters. The molecule has 0 N–H and O–H groups in total. The van der Waals surface area contributed by atoms with E-state index in [1.54, 1.807) is 0 Å². The monoisotopic (exact) mass is 271 g/mol. The number of ether oxygens (including phenoxy) is 2. The minimum atomic E-state index is 0.550. The average molecular weight is 271 g/mol. The number of likely N-dealkylation sites (N-methyl/N-ethyl adjacent to an activating group) is 1. The van der Waals surface area contributed by atoms with Crippen molar-refractivity contribution >= 4 is 0 Å². The van der Waals surface area contributed by atoms with E-state index in [2.05, 4.69) is 17.0 Å². The average Bonchev–Trinajstić information content (AvgIpc) is 2.47. The van der Waals surface area contributed by atoms with Crippen LogP contribution < -0.4 is 9.47 Å². The van der Waals surface area contributed by atoms with Crippen LogP contribution in [-0.2, 0) is 6.61 Å². The molecule has 3 heteroatoms. The fourth-order valence-corrected chi connectivity index (χ4v) is 1.76. The van der Waals surface area contributed by atoms with Crippen LogP contribution in [0.15, 0.2) is 54.6 Å². The van der Waals surface area contributed by atoms with Gasteiger partial charge in [0, 0.05) is 6.54 Å². The van der Waals surface area contributed by atoms with Gasteiger partial charge in [0.2, 0.25) is 0 Å². The second kappa shape index (κ2) is 7.56. The molecule has 2 rings (SSSR count). The van der Waals surface area contributed by atoms with Crippen LogP contribution in [0.2, 0.25) is 0 Å². The highest BCUT2D eigenvalue weighted by molar-refractivity contribution is 5.39. The minimum Gasteiger partial charge on any atom is -0.488 e. The fraction of sp³-hybridized carbons (Fsp3) is 0.294. The Morgan fingerprint density at radius 2 is 1.40 bits per heavy atom. The van der Waals surface area contributed by atoms with Gasteiger partial charge in [-0.15, -0.1) is 0 Å². The lowest BCUT2D eigenvalue weighted by Crippen LogP contribution is -2.19. The molecule has 0 aliphatic heterocycles. The van der Waals surface area contributed by atoms with Crippen LogP contribution in [0.4, 0.5) is 0 Å². The lowest BCUT2D eigenvalue weighted by atomic mass is 10.2. The van der Waals surface area contributed by atoms with Crippen molar-refractivity contribution in [3.63, 3.8) is 0 Å². The van der Waals surface area contributed by atoms with Crippen molar-refractivity contribution in [3.05, 3.63) is 60.2 Å². The van der Waals surface area contributed by atoms with E-state index in [1.807, 2.05) is 56.6 Å². The molecule has 0 radical (unpaired) electrons. The molecule has 0 aromatic heterocycles. The number of para-hydroxylation sites is 2. The first-order valence-electron chi connectivity index (χ1n) is 6.79. The molecular weight excluding hydrogens is 250 g/mol. The summed E-state index contributed by atoms with van der Waals surface area (Å²) in [6.45, 7) is 2.08. The Hall–Kier alpha value is -2.00. The number of nitrogens with zero attached hydrogens (tertiary/aromatic N) is 1. The van der Waals surface area contributed by atoms with Crippen molar-refractivity contribution in [1.82, 2.24) is 4.90 Å². The van der Waals surface area contributed by atoms with E-state index >= 15 is 0 Å². The molecule has 0 bridgehead atoms. The Bertz CT molecular complexity index is 511. The molecule has 0 aliphatic rings. The third-order valence-electron chi connectivity index (χ3n) is 2.88. The van der Waals surface area contributed by atoms with Crippen LogP contribution >= 0.6 is 0 Å². The van der Waals surface area contributed by atoms with Gasteiger partial charge in [-0.3, -0.25) is 0 Å². The van der Waals surface area contributed by atoms with E-state index in [1.165, 1.54) is 0 Å². The van der Waals surface area contributed by atoms with Crippen LogP contribution in [0.5, 0.6) is 11.5 Å². The van der Waals surface area contributed by atoms with E-state index < -0.39 is 0 Å². The zero-order chi connectivity index (χ0) is 14.2. The molecule has 0 unspecified atom stereocenters. The zero-order valence-corrected chi connectivity index (χ0v) is 12.1. The maximum absolute atomic E-state index is 5.84. The highest BCUT2D eigenvalue weighted by Gasteiger charge is 2.04. The van der Waals surface area contributed by atoms with Gasteiger partial charge >= 0.3 is 0 Å². The predicted octanol–water partition coefficient (Wildman–Crippen LogP) is 3.21. The Labute approximate surface area is 120 Å².